The van der Waals surface area contributed by atoms with E-state index in [1.807, 2.05) is 13.8 Å². The lowest BCUT2D eigenvalue weighted by molar-refractivity contribution is -0.114. The van der Waals surface area contributed by atoms with E-state index in [0.29, 0.717) is 0 Å². The Bertz CT molecular complexity index is 167. The Kier molecular flexibility index (Phi) is 6.99. The van der Waals surface area contributed by atoms with Gasteiger partial charge in [0.1, 0.15) is 18.3 Å². The van der Waals surface area contributed by atoms with Gasteiger partial charge in [0.2, 0.25) is 0 Å². The van der Waals surface area contributed by atoms with Gasteiger partial charge in [-0.2, -0.15) is 0 Å². The molecule has 6 heteroatoms. The highest BCUT2D eigenvalue weighted by Gasteiger charge is 2.29. The SMILES string of the molecule is CC(C)NC[C@@H](O)[C@@H](O)[C@H](O)[C@H](O)CO. The van der Waals surface area contributed by atoms with Crippen molar-refractivity contribution < 1.29 is 25.5 Å². The molecule has 6 nitrogen and oxygen atoms in total. The average Bonchev–Trinajstić information content (AvgIpc) is 2.22. The third kappa shape index (κ3) is 5.41. The number of hydrogen-bond donors (Lipinski definition) is 6. The topological polar surface area (TPSA) is 113 Å². The summed E-state index contributed by atoms with van der Waals surface area (Å²) in [7, 11) is 0. The number of hydrogen-bond acceptors (Lipinski definition) is 6. The first-order chi connectivity index (χ1) is 6.90. The van der Waals surface area contributed by atoms with Crippen molar-refractivity contribution in [1.29, 1.82) is 0 Å². The lowest BCUT2D eigenvalue weighted by Gasteiger charge is -2.26. The normalized spacial score (nSPS) is 20.0. The Morgan fingerprint density at radius 2 is 1.40 bits per heavy atom. The zero-order chi connectivity index (χ0) is 12.0. The van der Waals surface area contributed by atoms with E-state index in [-0.39, 0.29) is 12.6 Å². The molecule has 0 aliphatic rings. The molecule has 0 radical (unpaired) electrons. The van der Waals surface area contributed by atoms with Gasteiger partial charge in [-0.25, -0.2) is 0 Å². The highest BCUT2D eigenvalue weighted by molar-refractivity contribution is 4.81. The van der Waals surface area contributed by atoms with E-state index in [4.69, 9.17) is 10.2 Å². The molecule has 0 spiro atoms. The lowest BCUT2D eigenvalue weighted by atomic mass is 10.0. The van der Waals surface area contributed by atoms with Crippen LogP contribution in [0.2, 0.25) is 0 Å². The van der Waals surface area contributed by atoms with Crippen LogP contribution < -0.4 is 5.32 Å². The maximum Gasteiger partial charge on any atom is 0.111 e. The van der Waals surface area contributed by atoms with Crippen molar-refractivity contribution in [2.24, 2.45) is 0 Å². The largest absolute Gasteiger partial charge is 0.394 e. The first-order valence-electron chi connectivity index (χ1n) is 4.96. The summed E-state index contributed by atoms with van der Waals surface area (Å²) in [6.07, 6.45) is -5.69. The Hall–Kier alpha value is -0.240. The van der Waals surface area contributed by atoms with Crippen LogP contribution in [0.3, 0.4) is 0 Å². The van der Waals surface area contributed by atoms with E-state index in [0.717, 1.165) is 0 Å². The second-order valence-electron chi connectivity index (χ2n) is 3.86. The molecule has 0 bridgehead atoms. The number of aliphatic hydroxyl groups excluding tert-OH is 5. The fourth-order valence-electron chi connectivity index (χ4n) is 1.04. The van der Waals surface area contributed by atoms with Crippen LogP contribution in [0.1, 0.15) is 13.8 Å². The van der Waals surface area contributed by atoms with Crippen molar-refractivity contribution in [3.8, 4) is 0 Å². The summed E-state index contributed by atoms with van der Waals surface area (Å²) < 4.78 is 0. The predicted octanol–water partition coefficient (Wildman–Crippen LogP) is -2.58. The molecule has 15 heavy (non-hydrogen) atoms. The fraction of sp³-hybridized carbons (Fsp3) is 1.00. The van der Waals surface area contributed by atoms with Gasteiger partial charge >= 0.3 is 0 Å². The van der Waals surface area contributed by atoms with Gasteiger partial charge in [-0.05, 0) is 0 Å². The molecular formula is C9H21NO5. The number of rotatable bonds is 7. The van der Waals surface area contributed by atoms with Crippen LogP contribution in [0.25, 0.3) is 0 Å². The Labute approximate surface area is 89.2 Å². The summed E-state index contributed by atoms with van der Waals surface area (Å²) in [6, 6.07) is 0.145. The van der Waals surface area contributed by atoms with E-state index in [1.165, 1.54) is 0 Å². The molecule has 0 aromatic carbocycles. The van der Waals surface area contributed by atoms with E-state index >= 15 is 0 Å². The van der Waals surface area contributed by atoms with Crippen molar-refractivity contribution in [1.82, 2.24) is 5.32 Å². The second kappa shape index (κ2) is 7.10. The summed E-state index contributed by atoms with van der Waals surface area (Å²) in [4.78, 5) is 0. The molecule has 0 unspecified atom stereocenters. The zero-order valence-electron chi connectivity index (χ0n) is 9.04. The fourth-order valence-corrected chi connectivity index (χ4v) is 1.04. The maximum atomic E-state index is 9.42. The first kappa shape index (κ1) is 14.8. The molecule has 92 valence electrons. The van der Waals surface area contributed by atoms with Crippen molar-refractivity contribution in [2.75, 3.05) is 13.2 Å². The molecule has 0 amide bonds. The van der Waals surface area contributed by atoms with Crippen LogP contribution in [0.5, 0.6) is 0 Å². The maximum absolute atomic E-state index is 9.42. The average molecular weight is 223 g/mol. The van der Waals surface area contributed by atoms with Crippen LogP contribution in [0, 0.1) is 0 Å². The monoisotopic (exact) mass is 223 g/mol. The minimum absolute atomic E-state index is 0.105. The van der Waals surface area contributed by atoms with Gasteiger partial charge in [0.25, 0.3) is 0 Å². The summed E-state index contributed by atoms with van der Waals surface area (Å²) >= 11 is 0. The Morgan fingerprint density at radius 1 is 0.933 bits per heavy atom. The molecule has 0 saturated heterocycles. The second-order valence-corrected chi connectivity index (χ2v) is 3.86. The van der Waals surface area contributed by atoms with Crippen molar-refractivity contribution in [3.63, 3.8) is 0 Å². The van der Waals surface area contributed by atoms with Crippen LogP contribution >= 0.6 is 0 Å². The zero-order valence-corrected chi connectivity index (χ0v) is 9.04. The van der Waals surface area contributed by atoms with E-state index < -0.39 is 31.0 Å². The minimum Gasteiger partial charge on any atom is -0.394 e. The van der Waals surface area contributed by atoms with Crippen molar-refractivity contribution in [3.05, 3.63) is 0 Å². The van der Waals surface area contributed by atoms with E-state index in [2.05, 4.69) is 5.32 Å². The molecule has 0 aliphatic carbocycles. The first-order valence-corrected chi connectivity index (χ1v) is 4.96. The third-order valence-electron chi connectivity index (χ3n) is 2.06. The van der Waals surface area contributed by atoms with Gasteiger partial charge in [0.05, 0.1) is 12.7 Å². The summed E-state index contributed by atoms with van der Waals surface area (Å²) in [5.41, 5.74) is 0. The van der Waals surface area contributed by atoms with Gasteiger partial charge in [0, 0.05) is 12.6 Å². The molecule has 6 N–H and O–H groups in total. The molecule has 0 aromatic heterocycles. The van der Waals surface area contributed by atoms with Crippen LogP contribution in [-0.2, 0) is 0 Å². The van der Waals surface area contributed by atoms with Gasteiger partial charge in [-0.1, -0.05) is 13.8 Å². The molecule has 0 aromatic rings. The van der Waals surface area contributed by atoms with Gasteiger partial charge < -0.3 is 30.8 Å². The molecule has 0 aliphatic heterocycles. The van der Waals surface area contributed by atoms with Gasteiger partial charge in [-0.3, -0.25) is 0 Å². The molecule has 4 atom stereocenters. The van der Waals surface area contributed by atoms with Gasteiger partial charge in [0.15, 0.2) is 0 Å². The standard InChI is InChI=1S/C9H21NO5/c1-5(2)10-3-6(12)8(14)9(15)7(13)4-11/h5-15H,3-4H2,1-2H3/t6-,7-,8-,9-/m1/s1. The quantitative estimate of drug-likeness (QED) is 0.283. The molecular weight excluding hydrogens is 202 g/mol. The van der Waals surface area contributed by atoms with Crippen LogP contribution in [0.4, 0.5) is 0 Å². The summed E-state index contributed by atoms with van der Waals surface area (Å²) in [6.45, 7) is 3.19. The minimum atomic E-state index is -1.56. The van der Waals surface area contributed by atoms with Crippen LogP contribution in [-0.4, -0.2) is 69.1 Å². The Morgan fingerprint density at radius 3 is 1.80 bits per heavy atom. The van der Waals surface area contributed by atoms with Crippen molar-refractivity contribution in [2.45, 2.75) is 44.3 Å². The van der Waals surface area contributed by atoms with E-state index in [1.54, 1.807) is 0 Å². The predicted molar refractivity (Wildman–Crippen MR) is 54.3 cm³/mol. The van der Waals surface area contributed by atoms with Gasteiger partial charge in [-0.15, -0.1) is 0 Å². The summed E-state index contributed by atoms with van der Waals surface area (Å²) in [5, 5.41) is 48.5. The number of aliphatic hydroxyl groups is 5. The summed E-state index contributed by atoms with van der Waals surface area (Å²) in [5.74, 6) is 0. The highest BCUT2D eigenvalue weighted by atomic mass is 16.4. The van der Waals surface area contributed by atoms with Crippen molar-refractivity contribution >= 4 is 0 Å². The molecule has 0 heterocycles. The molecule has 0 rings (SSSR count). The molecule has 0 fully saturated rings. The van der Waals surface area contributed by atoms with Crippen LogP contribution in [0.15, 0.2) is 0 Å². The smallest absolute Gasteiger partial charge is 0.111 e. The Balaban J connectivity index is 4.01. The third-order valence-corrected chi connectivity index (χ3v) is 2.06. The number of nitrogens with one attached hydrogen (secondary N) is 1. The molecule has 0 saturated carbocycles. The highest BCUT2D eigenvalue weighted by Crippen LogP contribution is 2.04. The lowest BCUT2D eigenvalue weighted by Crippen LogP contribution is -2.49. The van der Waals surface area contributed by atoms with E-state index in [9.17, 15) is 15.3 Å².